The molecule has 44 heavy (non-hydrogen) atoms. The molecule has 2 heterocycles. The summed E-state index contributed by atoms with van der Waals surface area (Å²) in [5.41, 5.74) is 14.9. The minimum Gasteiger partial charge on any atom is -0.373 e. The Morgan fingerprint density at radius 2 is 1.02 bits per heavy atom. The van der Waals surface area contributed by atoms with Gasteiger partial charge in [0.25, 0.3) is 0 Å². The Bertz CT molecular complexity index is 1680. The van der Waals surface area contributed by atoms with Crippen LogP contribution in [-0.4, -0.2) is 6.85 Å². The average molecular weight is 575 g/mol. The molecule has 2 aliphatic rings. The zero-order chi connectivity index (χ0) is 30.3. The molecule has 0 bridgehead atoms. The number of para-hydroxylation sites is 3. The predicted molar refractivity (Wildman–Crippen MR) is 191 cm³/mol. The first-order chi connectivity index (χ1) is 21.6. The van der Waals surface area contributed by atoms with Gasteiger partial charge in [-0.2, -0.15) is 0 Å². The van der Waals surface area contributed by atoms with E-state index in [-0.39, 0.29) is 12.3 Å². The van der Waals surface area contributed by atoms with Gasteiger partial charge in [0.1, 0.15) is 0 Å². The summed E-state index contributed by atoms with van der Waals surface area (Å²) in [6.07, 6.45) is 6.82. The van der Waals surface area contributed by atoms with Gasteiger partial charge >= 0.3 is 6.85 Å². The third kappa shape index (κ3) is 4.56. The van der Waals surface area contributed by atoms with Crippen LogP contribution in [0.25, 0.3) is 0 Å². The summed E-state index contributed by atoms with van der Waals surface area (Å²) in [6, 6.07) is 43.4. The summed E-state index contributed by atoms with van der Waals surface area (Å²) in [7, 11) is 0. The smallest absolute Gasteiger partial charge is 0.328 e. The van der Waals surface area contributed by atoms with E-state index in [2.05, 4.69) is 153 Å². The lowest BCUT2D eigenvalue weighted by atomic mass is 9.40. The number of anilines is 5. The van der Waals surface area contributed by atoms with Crippen molar-refractivity contribution >= 4 is 46.2 Å². The SMILES string of the molecule is CCCCc1cccc2c1N(B1c3ccccc3C(C)(C)c3ccccc31)c1c(CCCC)cccc1N2c1ccccc1. The van der Waals surface area contributed by atoms with E-state index in [9.17, 15) is 0 Å². The average Bonchev–Trinajstić information content (AvgIpc) is 3.06. The topological polar surface area (TPSA) is 6.48 Å². The van der Waals surface area contributed by atoms with Crippen molar-refractivity contribution in [3.05, 3.63) is 138 Å². The van der Waals surface area contributed by atoms with Crippen molar-refractivity contribution in [1.29, 1.82) is 0 Å². The van der Waals surface area contributed by atoms with Crippen LogP contribution in [0, 0.1) is 0 Å². The molecule has 0 spiro atoms. The predicted octanol–water partition coefficient (Wildman–Crippen LogP) is 9.74. The molecule has 0 aliphatic carbocycles. The summed E-state index contributed by atoms with van der Waals surface area (Å²) in [6.45, 7) is 9.47. The van der Waals surface area contributed by atoms with Gasteiger partial charge in [-0.25, -0.2) is 0 Å². The fraction of sp³-hybridized carbons (Fsp3) is 0.268. The maximum Gasteiger partial charge on any atom is 0.328 e. The molecule has 0 amide bonds. The van der Waals surface area contributed by atoms with Gasteiger partial charge in [-0.15, -0.1) is 0 Å². The molecule has 5 aromatic carbocycles. The van der Waals surface area contributed by atoms with Crippen molar-refractivity contribution in [2.75, 3.05) is 9.71 Å². The lowest BCUT2D eigenvalue weighted by molar-refractivity contribution is 0.645. The first kappa shape index (κ1) is 28.5. The van der Waals surface area contributed by atoms with Gasteiger partial charge in [0.15, 0.2) is 0 Å². The Balaban J connectivity index is 1.59. The fourth-order valence-electron chi connectivity index (χ4n) is 7.77. The van der Waals surface area contributed by atoms with Gasteiger partial charge in [0, 0.05) is 11.1 Å². The molecule has 0 N–H and O–H groups in total. The fourth-order valence-corrected chi connectivity index (χ4v) is 7.77. The largest absolute Gasteiger partial charge is 0.373 e. The van der Waals surface area contributed by atoms with Crippen LogP contribution in [0.15, 0.2) is 115 Å². The molecule has 0 radical (unpaired) electrons. The van der Waals surface area contributed by atoms with Gasteiger partial charge in [-0.1, -0.05) is 132 Å². The van der Waals surface area contributed by atoms with Crippen molar-refractivity contribution in [2.24, 2.45) is 0 Å². The molecule has 0 atom stereocenters. The number of hydrogen-bond acceptors (Lipinski definition) is 2. The van der Waals surface area contributed by atoms with E-state index in [1.807, 2.05) is 0 Å². The van der Waals surface area contributed by atoms with Gasteiger partial charge < -0.3 is 9.71 Å². The standard InChI is InChI=1S/C41H43BN2/c1-5-7-18-30-20-16-28-37-39(30)44(42-35-26-14-12-24-33(35)41(3,4)34-25-13-15-27-36(34)42)40-31(19-8-6-2)21-17-29-38(40)43(37)32-22-10-9-11-23-32/h9-17,20-29H,5-8,18-19H2,1-4H3. The van der Waals surface area contributed by atoms with E-state index in [1.165, 1.54) is 87.3 Å². The summed E-state index contributed by atoms with van der Waals surface area (Å²) in [4.78, 5) is 5.30. The second kappa shape index (κ2) is 11.7. The highest BCUT2D eigenvalue weighted by molar-refractivity contribution is 6.90. The molecular weight excluding hydrogens is 531 g/mol. The van der Waals surface area contributed by atoms with E-state index in [0.717, 1.165) is 12.8 Å². The van der Waals surface area contributed by atoms with Crippen molar-refractivity contribution in [1.82, 2.24) is 0 Å². The number of fused-ring (bicyclic) bond motifs is 4. The maximum absolute atomic E-state index is 2.77. The third-order valence-electron chi connectivity index (χ3n) is 9.89. The van der Waals surface area contributed by atoms with E-state index >= 15 is 0 Å². The molecule has 3 heteroatoms. The molecule has 2 aliphatic heterocycles. The van der Waals surface area contributed by atoms with Crippen LogP contribution in [0.5, 0.6) is 0 Å². The van der Waals surface area contributed by atoms with Crippen molar-refractivity contribution in [3.63, 3.8) is 0 Å². The van der Waals surface area contributed by atoms with Gasteiger partial charge in [0.05, 0.1) is 22.7 Å². The van der Waals surface area contributed by atoms with Crippen molar-refractivity contribution < 1.29 is 0 Å². The van der Waals surface area contributed by atoms with E-state index in [1.54, 1.807) is 0 Å². The molecule has 0 unspecified atom stereocenters. The lowest BCUT2D eigenvalue weighted by Crippen LogP contribution is -2.63. The van der Waals surface area contributed by atoms with Gasteiger partial charge in [-0.05, 0) is 83.1 Å². The maximum atomic E-state index is 2.77. The molecule has 5 aromatic rings. The lowest BCUT2D eigenvalue weighted by Gasteiger charge is -2.48. The van der Waals surface area contributed by atoms with Gasteiger partial charge in [-0.3, -0.25) is 0 Å². The minimum absolute atomic E-state index is 0.0661. The summed E-state index contributed by atoms with van der Waals surface area (Å²) >= 11 is 0. The molecule has 0 fully saturated rings. The Hall–Kier alpha value is -4.24. The van der Waals surface area contributed by atoms with E-state index in [0.29, 0.717) is 0 Å². The second-order valence-corrected chi connectivity index (χ2v) is 13.0. The zero-order valence-corrected chi connectivity index (χ0v) is 26.7. The van der Waals surface area contributed by atoms with Crippen LogP contribution in [-0.2, 0) is 18.3 Å². The Labute approximate surface area is 264 Å². The normalized spacial score (nSPS) is 14.5. The van der Waals surface area contributed by atoms with Crippen LogP contribution in [0.1, 0.15) is 75.6 Å². The Kier molecular flexibility index (Phi) is 7.58. The highest BCUT2D eigenvalue weighted by Crippen LogP contribution is 2.55. The number of aryl methyl sites for hydroxylation is 2. The first-order valence-electron chi connectivity index (χ1n) is 16.6. The number of nitrogens with zero attached hydrogens (tertiary/aromatic N) is 2. The van der Waals surface area contributed by atoms with Crippen LogP contribution >= 0.6 is 0 Å². The Morgan fingerprint density at radius 1 is 0.545 bits per heavy atom. The summed E-state index contributed by atoms with van der Waals surface area (Å²) in [5.74, 6) is 0. The van der Waals surface area contributed by atoms with Crippen molar-refractivity contribution in [2.45, 2.75) is 71.6 Å². The Morgan fingerprint density at radius 3 is 1.52 bits per heavy atom. The zero-order valence-electron chi connectivity index (χ0n) is 26.7. The highest BCUT2D eigenvalue weighted by atomic mass is 15.3. The molecule has 220 valence electrons. The molecule has 2 nitrogen and oxygen atoms in total. The van der Waals surface area contributed by atoms with Crippen LogP contribution in [0.2, 0.25) is 0 Å². The highest BCUT2D eigenvalue weighted by Gasteiger charge is 2.46. The molecule has 0 aromatic heterocycles. The first-order valence-corrected chi connectivity index (χ1v) is 16.6. The number of rotatable bonds is 8. The minimum atomic E-state index is -0.0787. The van der Waals surface area contributed by atoms with Crippen molar-refractivity contribution in [3.8, 4) is 0 Å². The van der Waals surface area contributed by atoms with Crippen LogP contribution in [0.4, 0.5) is 28.4 Å². The van der Waals surface area contributed by atoms with E-state index in [4.69, 9.17) is 0 Å². The number of benzene rings is 5. The summed E-state index contributed by atoms with van der Waals surface area (Å²) in [5, 5.41) is 0. The quantitative estimate of drug-likeness (QED) is 0.170. The molecule has 7 rings (SSSR count). The third-order valence-corrected chi connectivity index (χ3v) is 9.89. The molecule has 0 saturated carbocycles. The van der Waals surface area contributed by atoms with Crippen LogP contribution in [0.3, 0.4) is 0 Å². The number of hydrogen-bond donors (Lipinski definition) is 0. The van der Waals surface area contributed by atoms with E-state index < -0.39 is 0 Å². The van der Waals surface area contributed by atoms with Crippen LogP contribution < -0.4 is 20.6 Å². The summed E-state index contributed by atoms with van der Waals surface area (Å²) < 4.78 is 0. The second-order valence-electron chi connectivity index (χ2n) is 13.0. The monoisotopic (exact) mass is 574 g/mol. The molecular formula is C41H43BN2. The molecule has 0 saturated heterocycles. The number of unbranched alkanes of at least 4 members (excludes halogenated alkanes) is 2. The van der Waals surface area contributed by atoms with Gasteiger partial charge in [0.2, 0.25) is 0 Å².